The normalized spacial score (nSPS) is 22.1. The van der Waals surface area contributed by atoms with Gasteiger partial charge < -0.3 is 0 Å². The molecule has 5 aliphatic rings. The van der Waals surface area contributed by atoms with Crippen LogP contribution in [0.1, 0.15) is 101 Å². The minimum atomic E-state index is 0.572. The van der Waals surface area contributed by atoms with Crippen molar-refractivity contribution in [2.45, 2.75) is 91.4 Å². The maximum absolute atomic E-state index is 2.61. The molecule has 0 spiro atoms. The Bertz CT molecular complexity index is 1780. The molecule has 0 N–H and O–H groups in total. The standard InChI is InChI=1S/C45H48/c1-31-12-7-8-19-42(31)43-20-11-21-44(33(43)3)45-30-41(23-22-32(45)2)40-18-10-17-39(29-40)38-16-9-15-37(28-38)36-26-24-35(25-27-36)34-13-5-4-6-14-34/h4-5,10,12-13,17-20,22-24,26,28-30,37H,6-9,11,14-16,21,25,27H2,1-3H3. The van der Waals surface area contributed by atoms with E-state index in [0.29, 0.717) is 5.92 Å². The number of allylic oxidation sites excluding steroid dienone is 18. The molecule has 7 rings (SSSR count). The summed E-state index contributed by atoms with van der Waals surface area (Å²) in [6, 6.07) is 16.5. The molecule has 2 aromatic carbocycles. The molecule has 0 heteroatoms. The summed E-state index contributed by atoms with van der Waals surface area (Å²) in [6.07, 6.45) is 34.7. The van der Waals surface area contributed by atoms with Crippen LogP contribution in [0.25, 0.3) is 22.3 Å². The molecule has 5 aliphatic carbocycles. The molecule has 1 unspecified atom stereocenters. The van der Waals surface area contributed by atoms with Crippen LogP contribution >= 0.6 is 0 Å². The van der Waals surface area contributed by atoms with Gasteiger partial charge in [0.15, 0.2) is 0 Å². The molecule has 0 bridgehead atoms. The average Bonchev–Trinajstić information content (AvgIpc) is 3.10. The molecule has 228 valence electrons. The maximum atomic E-state index is 2.61. The van der Waals surface area contributed by atoms with Crippen LogP contribution in [-0.4, -0.2) is 0 Å². The van der Waals surface area contributed by atoms with E-state index in [4.69, 9.17) is 0 Å². The summed E-state index contributed by atoms with van der Waals surface area (Å²) in [5.74, 6) is 0.572. The molecule has 0 aliphatic heterocycles. The van der Waals surface area contributed by atoms with Crippen LogP contribution in [0.15, 0.2) is 136 Å². The van der Waals surface area contributed by atoms with Gasteiger partial charge in [-0.05, 0) is 182 Å². The highest BCUT2D eigenvalue weighted by Crippen LogP contribution is 2.42. The summed E-state index contributed by atoms with van der Waals surface area (Å²) < 4.78 is 0. The quantitative estimate of drug-likeness (QED) is 0.315. The first-order valence-electron chi connectivity index (χ1n) is 17.5. The molecule has 0 heterocycles. The molecular formula is C45H48. The minimum absolute atomic E-state index is 0.572. The second kappa shape index (κ2) is 13.2. The Morgan fingerprint density at radius 1 is 0.622 bits per heavy atom. The fraction of sp³-hybridized carbons (Fsp3) is 0.333. The zero-order valence-electron chi connectivity index (χ0n) is 27.6. The van der Waals surface area contributed by atoms with E-state index in [-0.39, 0.29) is 0 Å². The van der Waals surface area contributed by atoms with Crippen LogP contribution in [-0.2, 0) is 0 Å². The molecule has 0 radical (unpaired) electrons. The Morgan fingerprint density at radius 3 is 2.27 bits per heavy atom. The number of benzene rings is 2. The Kier molecular flexibility index (Phi) is 8.75. The van der Waals surface area contributed by atoms with Gasteiger partial charge in [-0.25, -0.2) is 0 Å². The monoisotopic (exact) mass is 588 g/mol. The first kappa shape index (κ1) is 29.8. The third-order valence-corrected chi connectivity index (χ3v) is 10.9. The van der Waals surface area contributed by atoms with Gasteiger partial charge in [-0.2, -0.15) is 0 Å². The summed E-state index contributed by atoms with van der Waals surface area (Å²) in [7, 11) is 0. The molecule has 0 aromatic heterocycles. The summed E-state index contributed by atoms with van der Waals surface area (Å²) >= 11 is 0. The van der Waals surface area contributed by atoms with Crippen LogP contribution in [0.5, 0.6) is 0 Å². The van der Waals surface area contributed by atoms with Gasteiger partial charge in [-0.15, -0.1) is 0 Å². The molecule has 45 heavy (non-hydrogen) atoms. The van der Waals surface area contributed by atoms with Crippen molar-refractivity contribution in [2.75, 3.05) is 0 Å². The molecule has 2 aromatic rings. The summed E-state index contributed by atoms with van der Waals surface area (Å²) in [6.45, 7) is 6.92. The van der Waals surface area contributed by atoms with Gasteiger partial charge in [0.2, 0.25) is 0 Å². The number of hydrogen-bond acceptors (Lipinski definition) is 0. The predicted molar refractivity (Wildman–Crippen MR) is 195 cm³/mol. The van der Waals surface area contributed by atoms with E-state index in [1.54, 1.807) is 16.7 Å². The van der Waals surface area contributed by atoms with Crippen molar-refractivity contribution >= 4 is 11.1 Å². The van der Waals surface area contributed by atoms with Crippen molar-refractivity contribution in [1.82, 2.24) is 0 Å². The van der Waals surface area contributed by atoms with Crippen LogP contribution in [0.4, 0.5) is 0 Å². The van der Waals surface area contributed by atoms with Crippen molar-refractivity contribution in [1.29, 1.82) is 0 Å². The van der Waals surface area contributed by atoms with Crippen molar-refractivity contribution in [3.8, 4) is 11.1 Å². The van der Waals surface area contributed by atoms with Gasteiger partial charge in [-0.1, -0.05) is 90.6 Å². The second-order valence-electron chi connectivity index (χ2n) is 13.7. The van der Waals surface area contributed by atoms with Gasteiger partial charge in [0.25, 0.3) is 0 Å². The Balaban J connectivity index is 1.15. The Labute approximate surface area is 271 Å². The van der Waals surface area contributed by atoms with E-state index >= 15 is 0 Å². The lowest BCUT2D eigenvalue weighted by atomic mass is 9.78. The maximum Gasteiger partial charge on any atom is -0.00139 e. The summed E-state index contributed by atoms with van der Waals surface area (Å²) in [4.78, 5) is 0. The first-order chi connectivity index (χ1) is 22.0. The third kappa shape index (κ3) is 6.30. The van der Waals surface area contributed by atoms with E-state index in [1.807, 2.05) is 0 Å². The van der Waals surface area contributed by atoms with E-state index < -0.39 is 0 Å². The van der Waals surface area contributed by atoms with Gasteiger partial charge in [0, 0.05) is 0 Å². The minimum Gasteiger partial charge on any atom is -0.0842 e. The first-order valence-corrected chi connectivity index (χ1v) is 17.5. The zero-order chi connectivity index (χ0) is 30.8. The largest absolute Gasteiger partial charge is 0.0842 e. The zero-order valence-corrected chi connectivity index (χ0v) is 27.6. The number of hydrogen-bond donors (Lipinski definition) is 0. The van der Waals surface area contributed by atoms with Crippen molar-refractivity contribution in [2.24, 2.45) is 5.92 Å². The molecule has 0 fully saturated rings. The predicted octanol–water partition coefficient (Wildman–Crippen LogP) is 12.9. The summed E-state index contributed by atoms with van der Waals surface area (Å²) in [5.41, 5.74) is 20.4. The van der Waals surface area contributed by atoms with E-state index in [0.717, 1.165) is 19.3 Å². The van der Waals surface area contributed by atoms with Crippen LogP contribution in [0, 0.1) is 12.8 Å². The van der Waals surface area contributed by atoms with Gasteiger partial charge >= 0.3 is 0 Å². The molecule has 1 atom stereocenters. The lowest BCUT2D eigenvalue weighted by Gasteiger charge is -2.27. The van der Waals surface area contributed by atoms with Gasteiger partial charge in [0.05, 0.1) is 0 Å². The molecular weight excluding hydrogens is 540 g/mol. The smallest absolute Gasteiger partial charge is 0.00139 e. The molecule has 0 saturated carbocycles. The van der Waals surface area contributed by atoms with Crippen molar-refractivity contribution in [3.05, 3.63) is 153 Å². The highest BCUT2D eigenvalue weighted by Gasteiger charge is 2.22. The number of rotatable bonds is 6. The number of aryl methyl sites for hydroxylation is 1. The van der Waals surface area contributed by atoms with Crippen molar-refractivity contribution in [3.63, 3.8) is 0 Å². The lowest BCUT2D eigenvalue weighted by Crippen LogP contribution is -2.10. The van der Waals surface area contributed by atoms with Crippen LogP contribution in [0.3, 0.4) is 0 Å². The lowest BCUT2D eigenvalue weighted by molar-refractivity contribution is 0.590. The SMILES string of the molecule is CC1=CCCC=C1C1=CCCC(c2cc(-c3cccc(C4=CC(C5=CC=C(C6=CC=CCC6)CC5)CCC4)c3)ccc2C)=C1C. The molecule has 0 amide bonds. The summed E-state index contributed by atoms with van der Waals surface area (Å²) in [5, 5.41) is 0. The fourth-order valence-corrected chi connectivity index (χ4v) is 8.21. The Hall–Kier alpha value is -3.90. The average molecular weight is 589 g/mol. The molecule has 0 saturated heterocycles. The fourth-order valence-electron chi connectivity index (χ4n) is 8.21. The van der Waals surface area contributed by atoms with Crippen LogP contribution < -0.4 is 0 Å². The van der Waals surface area contributed by atoms with E-state index in [9.17, 15) is 0 Å². The van der Waals surface area contributed by atoms with Crippen LogP contribution in [0.2, 0.25) is 0 Å². The topological polar surface area (TPSA) is 0 Å². The highest BCUT2D eigenvalue weighted by atomic mass is 14.3. The van der Waals surface area contributed by atoms with Crippen molar-refractivity contribution < 1.29 is 0 Å². The molecule has 0 nitrogen and oxygen atoms in total. The third-order valence-electron chi connectivity index (χ3n) is 10.9. The Morgan fingerprint density at radius 2 is 1.44 bits per heavy atom. The highest BCUT2D eigenvalue weighted by molar-refractivity contribution is 5.82. The van der Waals surface area contributed by atoms with Gasteiger partial charge in [-0.3, -0.25) is 0 Å². The van der Waals surface area contributed by atoms with E-state index in [2.05, 4.69) is 118 Å². The van der Waals surface area contributed by atoms with Gasteiger partial charge in [0.1, 0.15) is 0 Å². The second-order valence-corrected chi connectivity index (χ2v) is 13.7. The van der Waals surface area contributed by atoms with E-state index in [1.165, 1.54) is 113 Å².